The lowest BCUT2D eigenvalue weighted by atomic mass is 10.2. The highest BCUT2D eigenvalue weighted by atomic mass is 19.1. The minimum absolute atomic E-state index is 0.0724. The molecule has 1 aromatic heterocycles. The van der Waals surface area contributed by atoms with E-state index in [1.165, 1.54) is 12.1 Å². The predicted octanol–water partition coefficient (Wildman–Crippen LogP) is 3.06. The van der Waals surface area contributed by atoms with Gasteiger partial charge < -0.3 is 9.52 Å². The highest BCUT2D eigenvalue weighted by molar-refractivity contribution is 5.84. The first kappa shape index (κ1) is 14.3. The zero-order chi connectivity index (χ0) is 14.7. The van der Waals surface area contributed by atoms with Gasteiger partial charge in [0.05, 0.1) is 0 Å². The van der Waals surface area contributed by atoms with Gasteiger partial charge >= 0.3 is 5.97 Å². The Morgan fingerprint density at radius 2 is 1.95 bits per heavy atom. The Morgan fingerprint density at radius 1 is 1.30 bits per heavy atom. The van der Waals surface area contributed by atoms with Crippen LogP contribution in [0.15, 0.2) is 34.7 Å². The smallest absolute Gasteiger partial charge is 0.371 e. The van der Waals surface area contributed by atoms with Crippen LogP contribution >= 0.6 is 0 Å². The Kier molecular flexibility index (Phi) is 4.20. The fraction of sp³-hybridized carbons (Fsp3) is 0.267. The Balaban J connectivity index is 2.06. The van der Waals surface area contributed by atoms with Gasteiger partial charge in [0.1, 0.15) is 11.6 Å². The van der Waals surface area contributed by atoms with Crippen molar-refractivity contribution < 1.29 is 18.7 Å². The quantitative estimate of drug-likeness (QED) is 0.912. The average Bonchev–Trinajstić information content (AvgIpc) is 2.74. The van der Waals surface area contributed by atoms with Crippen molar-refractivity contribution in [3.63, 3.8) is 0 Å². The van der Waals surface area contributed by atoms with Crippen molar-refractivity contribution in [2.75, 3.05) is 7.05 Å². The van der Waals surface area contributed by atoms with Crippen LogP contribution in [-0.2, 0) is 13.1 Å². The summed E-state index contributed by atoms with van der Waals surface area (Å²) in [6.07, 6.45) is 0. The molecule has 0 atom stereocenters. The van der Waals surface area contributed by atoms with Gasteiger partial charge in [0.25, 0.3) is 0 Å². The van der Waals surface area contributed by atoms with E-state index in [4.69, 9.17) is 9.52 Å². The monoisotopic (exact) mass is 277 g/mol. The third-order valence-corrected chi connectivity index (χ3v) is 3.07. The first-order valence-electron chi connectivity index (χ1n) is 6.22. The van der Waals surface area contributed by atoms with Crippen LogP contribution in [0.1, 0.15) is 27.4 Å². The van der Waals surface area contributed by atoms with Crippen molar-refractivity contribution >= 4 is 5.97 Å². The molecule has 0 amide bonds. The summed E-state index contributed by atoms with van der Waals surface area (Å²) in [5.41, 5.74) is 1.40. The number of rotatable bonds is 5. The van der Waals surface area contributed by atoms with Crippen LogP contribution in [0.3, 0.4) is 0 Å². The number of aromatic carboxylic acids is 1. The van der Waals surface area contributed by atoms with Gasteiger partial charge in [-0.15, -0.1) is 0 Å². The van der Waals surface area contributed by atoms with Crippen molar-refractivity contribution in [3.05, 3.63) is 58.8 Å². The predicted molar refractivity (Wildman–Crippen MR) is 72.0 cm³/mol. The van der Waals surface area contributed by atoms with E-state index in [0.29, 0.717) is 24.4 Å². The highest BCUT2D eigenvalue weighted by Gasteiger charge is 2.15. The van der Waals surface area contributed by atoms with E-state index in [0.717, 1.165) is 5.56 Å². The number of benzene rings is 1. The molecule has 5 heteroatoms. The summed E-state index contributed by atoms with van der Waals surface area (Å²) in [4.78, 5) is 12.7. The van der Waals surface area contributed by atoms with Crippen LogP contribution in [0.5, 0.6) is 0 Å². The Labute approximate surface area is 116 Å². The standard InChI is InChI=1S/C15H16FNO3/c1-10-12(7-14(20-10)15(18)19)9-17(2)8-11-5-3-4-6-13(11)16/h3-7H,8-9H2,1-2H3,(H,18,19). The lowest BCUT2D eigenvalue weighted by Crippen LogP contribution is -2.18. The van der Waals surface area contributed by atoms with Gasteiger partial charge in [-0.2, -0.15) is 0 Å². The third-order valence-electron chi connectivity index (χ3n) is 3.07. The fourth-order valence-corrected chi connectivity index (χ4v) is 2.05. The van der Waals surface area contributed by atoms with Gasteiger partial charge in [-0.05, 0) is 26.1 Å². The largest absolute Gasteiger partial charge is 0.475 e. The second-order valence-corrected chi connectivity index (χ2v) is 4.76. The molecule has 0 unspecified atom stereocenters. The summed E-state index contributed by atoms with van der Waals surface area (Å²) in [7, 11) is 1.85. The molecule has 1 N–H and O–H groups in total. The maximum absolute atomic E-state index is 13.6. The van der Waals surface area contributed by atoms with E-state index in [9.17, 15) is 9.18 Å². The van der Waals surface area contributed by atoms with E-state index in [-0.39, 0.29) is 11.6 Å². The Morgan fingerprint density at radius 3 is 2.55 bits per heavy atom. The Bertz CT molecular complexity index is 621. The van der Waals surface area contributed by atoms with E-state index in [1.807, 2.05) is 11.9 Å². The maximum atomic E-state index is 13.6. The fourth-order valence-electron chi connectivity index (χ4n) is 2.05. The van der Waals surface area contributed by atoms with Crippen LogP contribution in [0.4, 0.5) is 4.39 Å². The SMILES string of the molecule is Cc1oc(C(=O)O)cc1CN(C)Cc1ccccc1F. The summed E-state index contributed by atoms with van der Waals surface area (Å²) in [6.45, 7) is 2.66. The molecule has 0 aliphatic rings. The van der Waals surface area contributed by atoms with Crippen LogP contribution in [-0.4, -0.2) is 23.0 Å². The van der Waals surface area contributed by atoms with Gasteiger partial charge in [-0.1, -0.05) is 18.2 Å². The molecule has 4 nitrogen and oxygen atoms in total. The molecule has 2 rings (SSSR count). The topological polar surface area (TPSA) is 53.7 Å². The first-order valence-corrected chi connectivity index (χ1v) is 6.22. The van der Waals surface area contributed by atoms with Crippen molar-refractivity contribution in [2.45, 2.75) is 20.0 Å². The van der Waals surface area contributed by atoms with E-state index < -0.39 is 5.97 Å². The molecule has 106 valence electrons. The molecule has 0 spiro atoms. The molecule has 0 saturated heterocycles. The second-order valence-electron chi connectivity index (χ2n) is 4.76. The number of hydrogen-bond donors (Lipinski definition) is 1. The first-order chi connectivity index (χ1) is 9.47. The van der Waals surface area contributed by atoms with E-state index >= 15 is 0 Å². The summed E-state index contributed by atoms with van der Waals surface area (Å²) in [5, 5.41) is 8.87. The summed E-state index contributed by atoms with van der Waals surface area (Å²) in [5.74, 6) is -0.829. The van der Waals surface area contributed by atoms with Crippen molar-refractivity contribution in [1.29, 1.82) is 0 Å². The number of furan rings is 1. The third kappa shape index (κ3) is 3.24. The molecule has 0 fully saturated rings. The number of halogens is 1. The molecule has 20 heavy (non-hydrogen) atoms. The number of aryl methyl sites for hydroxylation is 1. The van der Waals surface area contributed by atoms with Crippen molar-refractivity contribution in [3.8, 4) is 0 Å². The Hall–Kier alpha value is -2.14. The minimum Gasteiger partial charge on any atom is -0.475 e. The summed E-state index contributed by atoms with van der Waals surface area (Å²) in [6, 6.07) is 8.11. The van der Waals surface area contributed by atoms with Gasteiger partial charge in [-0.25, -0.2) is 9.18 Å². The van der Waals surface area contributed by atoms with E-state index in [2.05, 4.69) is 0 Å². The molecular formula is C15H16FNO3. The molecule has 0 bridgehead atoms. The molecule has 0 saturated carbocycles. The van der Waals surface area contributed by atoms with E-state index in [1.54, 1.807) is 25.1 Å². The number of carboxylic acid groups (broad SMARTS) is 1. The van der Waals surface area contributed by atoms with Gasteiger partial charge in [0, 0.05) is 24.2 Å². The van der Waals surface area contributed by atoms with Crippen molar-refractivity contribution in [2.24, 2.45) is 0 Å². The van der Waals surface area contributed by atoms with Gasteiger partial charge in [-0.3, -0.25) is 4.90 Å². The molecule has 0 radical (unpaired) electrons. The minimum atomic E-state index is -1.09. The zero-order valence-corrected chi connectivity index (χ0v) is 11.4. The second kappa shape index (κ2) is 5.88. The maximum Gasteiger partial charge on any atom is 0.371 e. The zero-order valence-electron chi connectivity index (χ0n) is 11.4. The molecule has 1 aromatic carbocycles. The highest BCUT2D eigenvalue weighted by Crippen LogP contribution is 2.18. The number of hydrogen-bond acceptors (Lipinski definition) is 3. The number of nitrogens with zero attached hydrogens (tertiary/aromatic N) is 1. The molecule has 1 heterocycles. The molecule has 0 aliphatic carbocycles. The lowest BCUT2D eigenvalue weighted by Gasteiger charge is -2.16. The molecular weight excluding hydrogens is 261 g/mol. The number of carboxylic acids is 1. The summed E-state index contributed by atoms with van der Waals surface area (Å²) < 4.78 is 18.7. The van der Waals surface area contributed by atoms with Gasteiger partial charge in [0.15, 0.2) is 0 Å². The van der Waals surface area contributed by atoms with Crippen LogP contribution < -0.4 is 0 Å². The van der Waals surface area contributed by atoms with Crippen LogP contribution in [0.25, 0.3) is 0 Å². The molecule has 2 aromatic rings. The average molecular weight is 277 g/mol. The molecule has 0 aliphatic heterocycles. The van der Waals surface area contributed by atoms with Crippen molar-refractivity contribution in [1.82, 2.24) is 4.90 Å². The van der Waals surface area contributed by atoms with Crippen LogP contribution in [0, 0.1) is 12.7 Å². The van der Waals surface area contributed by atoms with Crippen LogP contribution in [0.2, 0.25) is 0 Å². The number of carbonyl (C=O) groups is 1. The lowest BCUT2D eigenvalue weighted by molar-refractivity contribution is 0.0661. The van der Waals surface area contributed by atoms with Gasteiger partial charge in [0.2, 0.25) is 5.76 Å². The summed E-state index contributed by atoms with van der Waals surface area (Å²) >= 11 is 0. The normalized spacial score (nSPS) is 11.0.